The zero-order chi connectivity index (χ0) is 19.0. The Morgan fingerprint density at radius 2 is 2.07 bits per heavy atom. The molecule has 1 N–H and O–H groups in total. The minimum absolute atomic E-state index is 0.0611. The van der Waals surface area contributed by atoms with Gasteiger partial charge in [0.1, 0.15) is 5.82 Å². The zero-order valence-corrected chi connectivity index (χ0v) is 15.4. The summed E-state index contributed by atoms with van der Waals surface area (Å²) < 4.78 is 7.02. The Bertz CT molecular complexity index is 962. The van der Waals surface area contributed by atoms with Gasteiger partial charge in [-0.3, -0.25) is 14.2 Å². The van der Waals surface area contributed by atoms with Gasteiger partial charge in [-0.2, -0.15) is 0 Å². The topological polar surface area (TPSA) is 90.3 Å². The molecule has 7 heteroatoms. The lowest BCUT2D eigenvalue weighted by molar-refractivity contribution is -0.129. The molecule has 142 valence electrons. The first-order valence-electron chi connectivity index (χ1n) is 9.58. The molecule has 2 aromatic rings. The van der Waals surface area contributed by atoms with Crippen LogP contribution in [-0.2, 0) is 22.5 Å². The molecular weight excluding hydrogens is 346 g/mol. The van der Waals surface area contributed by atoms with E-state index in [2.05, 4.69) is 10.3 Å². The number of ether oxygens (including phenoxy) is 1. The number of esters is 1. The summed E-state index contributed by atoms with van der Waals surface area (Å²) in [6.07, 6.45) is 4.92. The smallest absolute Gasteiger partial charge is 0.338 e. The Balaban J connectivity index is 1.58. The van der Waals surface area contributed by atoms with Crippen molar-refractivity contribution in [2.45, 2.75) is 64.1 Å². The molecule has 0 radical (unpaired) electrons. The first kappa shape index (κ1) is 17.7. The quantitative estimate of drug-likeness (QED) is 0.832. The summed E-state index contributed by atoms with van der Waals surface area (Å²) in [6, 6.07) is 4.97. The van der Waals surface area contributed by atoms with Crippen LogP contribution in [0.2, 0.25) is 0 Å². The van der Waals surface area contributed by atoms with Crippen molar-refractivity contribution >= 4 is 22.8 Å². The maximum absolute atomic E-state index is 12.7. The SMILES string of the molecule is C[C@@H](OC(=O)c1ccc2c(=O)n3c(nc2c1)CCCCC3)C(=O)NC1CC1. The highest BCUT2D eigenvalue weighted by molar-refractivity contribution is 5.95. The normalized spacial score (nSPS) is 17.7. The Kier molecular flexibility index (Phi) is 4.68. The molecule has 1 aromatic carbocycles. The van der Waals surface area contributed by atoms with E-state index < -0.39 is 12.1 Å². The number of hydrogen-bond acceptors (Lipinski definition) is 5. The maximum Gasteiger partial charge on any atom is 0.338 e. The molecule has 1 amide bonds. The van der Waals surface area contributed by atoms with E-state index in [1.54, 1.807) is 29.7 Å². The van der Waals surface area contributed by atoms with Gasteiger partial charge in [-0.15, -0.1) is 0 Å². The number of fused-ring (bicyclic) bond motifs is 2. The second kappa shape index (κ2) is 7.13. The van der Waals surface area contributed by atoms with Crippen LogP contribution in [-0.4, -0.2) is 33.6 Å². The van der Waals surface area contributed by atoms with E-state index in [9.17, 15) is 14.4 Å². The zero-order valence-electron chi connectivity index (χ0n) is 15.4. The lowest BCUT2D eigenvalue weighted by atomic mass is 10.1. The second-order valence-electron chi connectivity index (χ2n) is 7.36. The molecule has 0 unspecified atom stereocenters. The summed E-state index contributed by atoms with van der Waals surface area (Å²) in [5.41, 5.74) is 0.728. The van der Waals surface area contributed by atoms with Crippen LogP contribution in [0.15, 0.2) is 23.0 Å². The fraction of sp³-hybridized carbons (Fsp3) is 0.500. The standard InChI is InChI=1S/C20H23N3O4/c1-12(18(24)21-14-7-8-14)27-20(26)13-6-9-15-16(11-13)22-17-5-3-2-4-10-23(17)19(15)25/h6,9,11-12,14H,2-5,7-8,10H2,1H3,(H,21,24)/t12-/m1/s1. The van der Waals surface area contributed by atoms with Crippen molar-refractivity contribution in [3.05, 3.63) is 39.9 Å². The van der Waals surface area contributed by atoms with Crippen molar-refractivity contribution in [1.29, 1.82) is 0 Å². The second-order valence-corrected chi connectivity index (χ2v) is 7.36. The van der Waals surface area contributed by atoms with E-state index in [0.717, 1.165) is 44.3 Å². The van der Waals surface area contributed by atoms with Crippen LogP contribution in [0.4, 0.5) is 0 Å². The molecule has 1 fully saturated rings. The van der Waals surface area contributed by atoms with Gasteiger partial charge in [0.2, 0.25) is 0 Å². The molecule has 1 saturated carbocycles. The highest BCUT2D eigenvalue weighted by Gasteiger charge is 2.27. The van der Waals surface area contributed by atoms with E-state index in [4.69, 9.17) is 4.74 Å². The van der Waals surface area contributed by atoms with Crippen LogP contribution in [0, 0.1) is 0 Å². The molecule has 1 aromatic heterocycles. The van der Waals surface area contributed by atoms with Gasteiger partial charge in [0.05, 0.1) is 16.5 Å². The number of hydrogen-bond donors (Lipinski definition) is 1. The van der Waals surface area contributed by atoms with E-state index in [1.165, 1.54) is 0 Å². The van der Waals surface area contributed by atoms with Crippen LogP contribution in [0.1, 0.15) is 55.2 Å². The van der Waals surface area contributed by atoms with Gasteiger partial charge < -0.3 is 10.1 Å². The van der Waals surface area contributed by atoms with Crippen molar-refractivity contribution in [2.75, 3.05) is 0 Å². The summed E-state index contributed by atoms with van der Waals surface area (Å²) in [5.74, 6) is -0.104. The van der Waals surface area contributed by atoms with E-state index in [0.29, 0.717) is 23.0 Å². The van der Waals surface area contributed by atoms with Crippen LogP contribution >= 0.6 is 0 Å². The molecule has 4 rings (SSSR count). The van der Waals surface area contributed by atoms with Crippen LogP contribution in [0.3, 0.4) is 0 Å². The van der Waals surface area contributed by atoms with Crippen molar-refractivity contribution in [2.24, 2.45) is 0 Å². The molecule has 7 nitrogen and oxygen atoms in total. The first-order chi connectivity index (χ1) is 13.0. The third kappa shape index (κ3) is 3.72. The fourth-order valence-corrected chi connectivity index (χ4v) is 3.37. The predicted molar refractivity (Wildman–Crippen MR) is 99.6 cm³/mol. The number of nitrogens with zero attached hydrogens (tertiary/aromatic N) is 2. The Hall–Kier alpha value is -2.70. The molecule has 2 heterocycles. The first-order valence-corrected chi connectivity index (χ1v) is 9.58. The molecule has 1 aliphatic heterocycles. The average molecular weight is 369 g/mol. The number of aromatic nitrogens is 2. The Morgan fingerprint density at radius 1 is 1.26 bits per heavy atom. The van der Waals surface area contributed by atoms with Gasteiger partial charge in [-0.25, -0.2) is 9.78 Å². The minimum Gasteiger partial charge on any atom is -0.449 e. The third-order valence-electron chi connectivity index (χ3n) is 5.13. The molecule has 2 aliphatic rings. The fourth-order valence-electron chi connectivity index (χ4n) is 3.37. The Morgan fingerprint density at radius 3 is 2.85 bits per heavy atom. The number of carbonyl (C=O) groups is 2. The third-order valence-corrected chi connectivity index (χ3v) is 5.13. The monoisotopic (exact) mass is 369 g/mol. The number of carbonyl (C=O) groups excluding carboxylic acids is 2. The largest absolute Gasteiger partial charge is 0.449 e. The van der Waals surface area contributed by atoms with Crippen LogP contribution in [0.5, 0.6) is 0 Å². The van der Waals surface area contributed by atoms with Crippen LogP contribution in [0.25, 0.3) is 10.9 Å². The highest BCUT2D eigenvalue weighted by atomic mass is 16.5. The number of benzene rings is 1. The van der Waals surface area contributed by atoms with Crippen molar-refractivity contribution in [3.8, 4) is 0 Å². The van der Waals surface area contributed by atoms with Crippen LogP contribution < -0.4 is 10.9 Å². The summed E-state index contributed by atoms with van der Waals surface area (Å²) >= 11 is 0. The summed E-state index contributed by atoms with van der Waals surface area (Å²) in [4.78, 5) is 41.7. The number of amides is 1. The van der Waals surface area contributed by atoms with Gasteiger partial charge in [-0.1, -0.05) is 6.42 Å². The number of aryl methyl sites for hydroxylation is 1. The lowest BCUT2D eigenvalue weighted by Crippen LogP contribution is -2.37. The van der Waals surface area contributed by atoms with Gasteiger partial charge in [0.25, 0.3) is 11.5 Å². The van der Waals surface area contributed by atoms with E-state index in [1.807, 2.05) is 0 Å². The molecule has 1 aliphatic carbocycles. The summed E-state index contributed by atoms with van der Waals surface area (Å²) in [6.45, 7) is 2.25. The average Bonchev–Trinajstić information content (AvgIpc) is 3.48. The van der Waals surface area contributed by atoms with Gasteiger partial charge in [0, 0.05) is 19.0 Å². The molecule has 0 bridgehead atoms. The van der Waals surface area contributed by atoms with Crippen molar-refractivity contribution in [1.82, 2.24) is 14.9 Å². The maximum atomic E-state index is 12.7. The predicted octanol–water partition coefficient (Wildman–Crippen LogP) is 1.95. The molecule has 1 atom stereocenters. The molecule has 0 saturated heterocycles. The summed E-state index contributed by atoms with van der Waals surface area (Å²) in [5, 5.41) is 3.31. The molecular formula is C20H23N3O4. The van der Waals surface area contributed by atoms with Gasteiger partial charge >= 0.3 is 5.97 Å². The van der Waals surface area contributed by atoms with Crippen molar-refractivity contribution < 1.29 is 14.3 Å². The van der Waals surface area contributed by atoms with Gasteiger partial charge in [0.15, 0.2) is 6.10 Å². The van der Waals surface area contributed by atoms with Crippen molar-refractivity contribution in [3.63, 3.8) is 0 Å². The molecule has 0 spiro atoms. The number of rotatable bonds is 4. The number of nitrogens with one attached hydrogen (secondary N) is 1. The van der Waals surface area contributed by atoms with E-state index >= 15 is 0 Å². The minimum atomic E-state index is -0.862. The van der Waals surface area contributed by atoms with E-state index in [-0.39, 0.29) is 17.5 Å². The lowest BCUT2D eigenvalue weighted by Gasteiger charge is -2.14. The summed E-state index contributed by atoms with van der Waals surface area (Å²) in [7, 11) is 0. The van der Waals surface area contributed by atoms with Gasteiger partial charge in [-0.05, 0) is 50.8 Å². The molecule has 27 heavy (non-hydrogen) atoms. The highest BCUT2D eigenvalue weighted by Crippen LogP contribution is 2.19. The Labute approximate surface area is 156 Å².